The number of fused-ring (bicyclic) bond motifs is 1. The van der Waals surface area contributed by atoms with Gasteiger partial charge < -0.3 is 9.80 Å². The number of anilines is 1. The standard InChI is InChI=1S/C25H25N5OS/c1-17-27-16-24(32-17)19-3-4-20-15-28-22(12-21(20)11-19)14-23(31)18-5-6-26-25(13-18)30-9-7-29(2)8-10-30/h3-6,11-13,15-16H,7-10,14H2,1-2H3. The van der Waals surface area contributed by atoms with Crippen LogP contribution in [0, 0.1) is 6.92 Å². The summed E-state index contributed by atoms with van der Waals surface area (Å²) in [6.07, 6.45) is 5.76. The molecule has 4 heterocycles. The number of nitrogens with zero attached hydrogens (tertiary/aromatic N) is 5. The summed E-state index contributed by atoms with van der Waals surface area (Å²) in [7, 11) is 2.13. The number of carbonyl (C=O) groups is 1. The lowest BCUT2D eigenvalue weighted by molar-refractivity contribution is 0.0992. The van der Waals surface area contributed by atoms with Gasteiger partial charge in [-0.15, -0.1) is 11.3 Å². The average molecular weight is 444 g/mol. The summed E-state index contributed by atoms with van der Waals surface area (Å²) in [6, 6.07) is 12.1. The van der Waals surface area contributed by atoms with Crippen molar-refractivity contribution in [1.29, 1.82) is 0 Å². The third-order valence-electron chi connectivity index (χ3n) is 5.92. The van der Waals surface area contributed by atoms with Gasteiger partial charge in [-0.3, -0.25) is 9.78 Å². The summed E-state index contributed by atoms with van der Waals surface area (Å²) in [5, 5.41) is 3.20. The Balaban J connectivity index is 1.36. The quantitative estimate of drug-likeness (QED) is 0.430. The Bertz CT molecular complexity index is 1280. The fourth-order valence-electron chi connectivity index (χ4n) is 4.00. The van der Waals surface area contributed by atoms with Crippen molar-refractivity contribution in [2.24, 2.45) is 0 Å². The molecule has 1 aliphatic heterocycles. The molecule has 6 nitrogen and oxygen atoms in total. The zero-order valence-corrected chi connectivity index (χ0v) is 19.1. The number of Topliss-reactive ketones (excluding diaryl/α,β-unsaturated/α-hetero) is 1. The molecule has 5 rings (SSSR count). The van der Waals surface area contributed by atoms with Gasteiger partial charge in [-0.2, -0.15) is 0 Å². The maximum absolute atomic E-state index is 13.0. The molecule has 0 aliphatic carbocycles. The van der Waals surface area contributed by atoms with E-state index in [9.17, 15) is 4.79 Å². The molecular weight excluding hydrogens is 418 g/mol. The zero-order chi connectivity index (χ0) is 22.1. The van der Waals surface area contributed by atoms with Crippen molar-refractivity contribution in [2.75, 3.05) is 38.1 Å². The number of carbonyl (C=O) groups excluding carboxylic acids is 1. The van der Waals surface area contributed by atoms with Crippen LogP contribution in [0.15, 0.2) is 55.0 Å². The first kappa shape index (κ1) is 20.7. The minimum absolute atomic E-state index is 0.0591. The second-order valence-corrected chi connectivity index (χ2v) is 9.51. The van der Waals surface area contributed by atoms with Gasteiger partial charge in [0.15, 0.2) is 5.78 Å². The fraction of sp³-hybridized carbons (Fsp3) is 0.280. The molecule has 0 radical (unpaired) electrons. The molecule has 7 heteroatoms. The second-order valence-electron chi connectivity index (χ2n) is 8.27. The van der Waals surface area contributed by atoms with Crippen LogP contribution in [0.2, 0.25) is 0 Å². The maximum Gasteiger partial charge on any atom is 0.169 e. The van der Waals surface area contributed by atoms with E-state index in [-0.39, 0.29) is 12.2 Å². The van der Waals surface area contributed by atoms with E-state index in [0.717, 1.165) is 63.9 Å². The Kier molecular flexibility index (Phi) is 5.68. The van der Waals surface area contributed by atoms with Crippen LogP contribution in [0.1, 0.15) is 21.1 Å². The number of hydrogen-bond donors (Lipinski definition) is 0. The van der Waals surface area contributed by atoms with Gasteiger partial charge in [-0.05, 0) is 49.2 Å². The summed E-state index contributed by atoms with van der Waals surface area (Å²) in [5.74, 6) is 0.934. The molecular formula is C25H25N5OS. The second kappa shape index (κ2) is 8.76. The summed E-state index contributed by atoms with van der Waals surface area (Å²) < 4.78 is 0. The largest absolute Gasteiger partial charge is 0.354 e. The highest BCUT2D eigenvalue weighted by atomic mass is 32.1. The molecule has 1 aromatic carbocycles. The van der Waals surface area contributed by atoms with Crippen molar-refractivity contribution < 1.29 is 4.79 Å². The molecule has 0 atom stereocenters. The van der Waals surface area contributed by atoms with E-state index in [1.807, 2.05) is 31.5 Å². The normalized spacial score (nSPS) is 14.8. The lowest BCUT2D eigenvalue weighted by Gasteiger charge is -2.33. The van der Waals surface area contributed by atoms with E-state index >= 15 is 0 Å². The van der Waals surface area contributed by atoms with Crippen molar-refractivity contribution in [1.82, 2.24) is 19.9 Å². The Morgan fingerprint density at radius 3 is 2.59 bits per heavy atom. The van der Waals surface area contributed by atoms with Gasteiger partial charge in [-0.1, -0.05) is 12.1 Å². The number of rotatable bonds is 5. The number of aryl methyl sites for hydroxylation is 1. The third-order valence-corrected chi connectivity index (χ3v) is 6.88. The van der Waals surface area contributed by atoms with E-state index in [1.165, 1.54) is 0 Å². The molecule has 1 saturated heterocycles. The highest BCUT2D eigenvalue weighted by Gasteiger charge is 2.17. The Labute approximate surface area is 191 Å². The Morgan fingerprint density at radius 2 is 1.81 bits per heavy atom. The van der Waals surface area contributed by atoms with Gasteiger partial charge in [0.05, 0.1) is 16.3 Å². The lowest BCUT2D eigenvalue weighted by Crippen LogP contribution is -2.44. The SMILES string of the molecule is Cc1ncc(-c2ccc3cnc(CC(=O)c4ccnc(N5CCN(C)CC5)c4)cc3c2)s1. The number of pyridine rings is 2. The first-order valence-corrected chi connectivity index (χ1v) is 11.6. The molecule has 0 N–H and O–H groups in total. The van der Waals surface area contributed by atoms with Crippen LogP contribution < -0.4 is 4.90 Å². The minimum atomic E-state index is 0.0591. The van der Waals surface area contributed by atoms with Crippen LogP contribution in [0.5, 0.6) is 0 Å². The van der Waals surface area contributed by atoms with Crippen molar-refractivity contribution in [3.63, 3.8) is 0 Å². The lowest BCUT2D eigenvalue weighted by atomic mass is 10.0. The monoisotopic (exact) mass is 443 g/mol. The molecule has 3 aromatic heterocycles. The molecule has 0 amide bonds. The Hall–Kier alpha value is -3.16. The van der Waals surface area contributed by atoms with Gasteiger partial charge in [0.25, 0.3) is 0 Å². The van der Waals surface area contributed by atoms with Crippen LogP contribution in [0.25, 0.3) is 21.2 Å². The number of piperazine rings is 1. The van der Waals surface area contributed by atoms with Crippen molar-refractivity contribution in [3.8, 4) is 10.4 Å². The molecule has 4 aromatic rings. The van der Waals surface area contributed by atoms with Crippen LogP contribution >= 0.6 is 11.3 Å². The number of thiazole rings is 1. The number of aromatic nitrogens is 3. The summed E-state index contributed by atoms with van der Waals surface area (Å²) in [6.45, 7) is 5.87. The van der Waals surface area contributed by atoms with E-state index in [2.05, 4.69) is 50.0 Å². The van der Waals surface area contributed by atoms with Crippen LogP contribution in [-0.4, -0.2) is 58.9 Å². The minimum Gasteiger partial charge on any atom is -0.354 e. The van der Waals surface area contributed by atoms with E-state index in [0.29, 0.717) is 5.56 Å². The molecule has 1 aliphatic rings. The van der Waals surface area contributed by atoms with Crippen molar-refractivity contribution in [3.05, 3.63) is 71.3 Å². The predicted molar refractivity (Wildman–Crippen MR) is 130 cm³/mol. The third kappa shape index (κ3) is 4.40. The molecule has 0 unspecified atom stereocenters. The number of benzene rings is 1. The van der Waals surface area contributed by atoms with E-state index < -0.39 is 0 Å². The highest BCUT2D eigenvalue weighted by Crippen LogP contribution is 2.29. The topological polar surface area (TPSA) is 62.2 Å². The zero-order valence-electron chi connectivity index (χ0n) is 18.3. The first-order chi connectivity index (χ1) is 15.5. The van der Waals surface area contributed by atoms with Gasteiger partial charge >= 0.3 is 0 Å². The van der Waals surface area contributed by atoms with Gasteiger partial charge in [0.2, 0.25) is 0 Å². The van der Waals surface area contributed by atoms with E-state index in [4.69, 9.17) is 0 Å². The molecule has 162 valence electrons. The number of likely N-dealkylation sites (N-methyl/N-ethyl adjacent to an activating group) is 1. The molecule has 1 fully saturated rings. The van der Waals surface area contributed by atoms with Crippen LogP contribution in [-0.2, 0) is 6.42 Å². The summed E-state index contributed by atoms with van der Waals surface area (Å²) in [4.78, 5) is 32.1. The molecule has 32 heavy (non-hydrogen) atoms. The van der Waals surface area contributed by atoms with Crippen molar-refractivity contribution >= 4 is 33.7 Å². The smallest absolute Gasteiger partial charge is 0.169 e. The molecule has 0 spiro atoms. The van der Waals surface area contributed by atoms with E-state index in [1.54, 1.807) is 23.6 Å². The predicted octanol–water partition coefficient (Wildman–Crippen LogP) is 4.24. The van der Waals surface area contributed by atoms with Gasteiger partial charge in [0, 0.05) is 61.4 Å². The summed E-state index contributed by atoms with van der Waals surface area (Å²) >= 11 is 1.68. The van der Waals surface area contributed by atoms with Gasteiger partial charge in [-0.25, -0.2) is 9.97 Å². The summed E-state index contributed by atoms with van der Waals surface area (Å²) in [5.41, 5.74) is 2.60. The number of hydrogen-bond acceptors (Lipinski definition) is 7. The maximum atomic E-state index is 13.0. The Morgan fingerprint density at radius 1 is 0.969 bits per heavy atom. The van der Waals surface area contributed by atoms with Crippen molar-refractivity contribution in [2.45, 2.75) is 13.3 Å². The van der Waals surface area contributed by atoms with Crippen LogP contribution in [0.4, 0.5) is 5.82 Å². The highest BCUT2D eigenvalue weighted by molar-refractivity contribution is 7.15. The van der Waals surface area contributed by atoms with Gasteiger partial charge in [0.1, 0.15) is 5.82 Å². The van der Waals surface area contributed by atoms with Crippen LogP contribution in [0.3, 0.4) is 0 Å². The first-order valence-electron chi connectivity index (χ1n) is 10.8. The molecule has 0 saturated carbocycles. The molecule has 0 bridgehead atoms. The number of ketones is 1. The fourth-order valence-corrected chi connectivity index (χ4v) is 4.77. The average Bonchev–Trinajstić information content (AvgIpc) is 3.25.